The molecule has 0 bridgehead atoms. The Morgan fingerprint density at radius 3 is 2.80 bits per heavy atom. The van der Waals surface area contributed by atoms with E-state index in [-0.39, 0.29) is 24.2 Å². The Bertz CT molecular complexity index is 736. The first-order chi connectivity index (χ1) is 11.9. The molecule has 7 heteroatoms. The van der Waals surface area contributed by atoms with Crippen molar-refractivity contribution in [1.82, 2.24) is 10.2 Å². The number of hydrogen-bond donors (Lipinski definition) is 1. The normalized spacial score (nSPS) is 26.0. The number of methoxy groups -OCH3 is 1. The molecule has 1 aromatic rings. The summed E-state index contributed by atoms with van der Waals surface area (Å²) in [6, 6.07) is 4.16. The number of hydrogen-bond acceptors (Lipinski definition) is 4. The monoisotopic (exact) mass is 364 g/mol. The van der Waals surface area contributed by atoms with Gasteiger partial charge in [-0.3, -0.25) is 14.5 Å². The van der Waals surface area contributed by atoms with Gasteiger partial charge in [-0.05, 0) is 37.0 Å². The van der Waals surface area contributed by atoms with E-state index in [1.807, 2.05) is 6.92 Å². The van der Waals surface area contributed by atoms with Crippen molar-refractivity contribution >= 4 is 29.3 Å². The third-order valence-corrected chi connectivity index (χ3v) is 5.57. The van der Waals surface area contributed by atoms with Gasteiger partial charge in [0.05, 0.1) is 18.7 Å². The second kappa shape index (κ2) is 6.67. The van der Waals surface area contributed by atoms with E-state index in [4.69, 9.17) is 16.3 Å². The lowest BCUT2D eigenvalue weighted by Gasteiger charge is -2.36. The van der Waals surface area contributed by atoms with Crippen molar-refractivity contribution in [3.05, 3.63) is 28.8 Å². The SMILES string of the molecule is COc1ccc(C(=O)CN2C(=O)N[C@@]3(CCCC[C@@H]3C)C2=O)cc1Cl. The van der Waals surface area contributed by atoms with E-state index in [9.17, 15) is 14.4 Å². The Balaban J connectivity index is 1.78. The Morgan fingerprint density at radius 2 is 2.16 bits per heavy atom. The van der Waals surface area contributed by atoms with Crippen LogP contribution in [0.4, 0.5) is 4.79 Å². The minimum Gasteiger partial charge on any atom is -0.495 e. The van der Waals surface area contributed by atoms with Crippen LogP contribution in [0.2, 0.25) is 5.02 Å². The highest BCUT2D eigenvalue weighted by Crippen LogP contribution is 2.38. The minimum absolute atomic E-state index is 0.0632. The minimum atomic E-state index is -0.854. The first-order valence-electron chi connectivity index (χ1n) is 8.40. The second-order valence-electron chi connectivity index (χ2n) is 6.71. The van der Waals surface area contributed by atoms with Crippen LogP contribution in [0.25, 0.3) is 0 Å². The maximum Gasteiger partial charge on any atom is 0.325 e. The molecule has 1 heterocycles. The highest BCUT2D eigenvalue weighted by atomic mass is 35.5. The molecule has 0 aromatic heterocycles. The predicted molar refractivity (Wildman–Crippen MR) is 92.9 cm³/mol. The molecule has 1 N–H and O–H groups in total. The van der Waals surface area contributed by atoms with Gasteiger partial charge < -0.3 is 10.1 Å². The van der Waals surface area contributed by atoms with E-state index < -0.39 is 11.6 Å². The van der Waals surface area contributed by atoms with Crippen LogP contribution in [0.15, 0.2) is 18.2 Å². The van der Waals surface area contributed by atoms with Gasteiger partial charge in [0, 0.05) is 5.56 Å². The van der Waals surface area contributed by atoms with Crippen LogP contribution in [0.5, 0.6) is 5.75 Å². The van der Waals surface area contributed by atoms with Gasteiger partial charge in [0.2, 0.25) is 0 Å². The zero-order chi connectivity index (χ0) is 18.2. The summed E-state index contributed by atoms with van der Waals surface area (Å²) < 4.78 is 5.06. The number of amides is 3. The number of benzene rings is 1. The number of carbonyl (C=O) groups is 3. The van der Waals surface area contributed by atoms with Crippen LogP contribution in [0.3, 0.4) is 0 Å². The van der Waals surface area contributed by atoms with Gasteiger partial charge in [0.25, 0.3) is 5.91 Å². The number of nitrogens with one attached hydrogen (secondary N) is 1. The number of urea groups is 1. The van der Waals surface area contributed by atoms with E-state index in [2.05, 4.69) is 5.32 Å². The number of carbonyl (C=O) groups excluding carboxylic acids is 3. The summed E-state index contributed by atoms with van der Waals surface area (Å²) in [7, 11) is 1.49. The summed E-state index contributed by atoms with van der Waals surface area (Å²) in [5.41, 5.74) is -0.517. The standard InChI is InChI=1S/C18H21ClN2O4/c1-11-5-3-4-8-18(11)16(23)21(17(24)20-18)10-14(22)12-6-7-15(25-2)13(19)9-12/h6-7,9,11H,3-5,8,10H2,1-2H3,(H,20,24)/t11-,18+/m0/s1. The average Bonchev–Trinajstić information content (AvgIpc) is 2.82. The molecule has 3 amide bonds. The second-order valence-corrected chi connectivity index (χ2v) is 7.12. The summed E-state index contributed by atoms with van der Waals surface area (Å²) >= 11 is 6.05. The Morgan fingerprint density at radius 1 is 1.40 bits per heavy atom. The molecule has 0 unspecified atom stereocenters. The van der Waals surface area contributed by atoms with Gasteiger partial charge in [-0.25, -0.2) is 4.79 Å². The lowest BCUT2D eigenvalue weighted by Crippen LogP contribution is -2.54. The molecule has 3 rings (SSSR count). The number of ether oxygens (including phenoxy) is 1. The van der Waals surface area contributed by atoms with Crippen LogP contribution >= 0.6 is 11.6 Å². The molecular formula is C18H21ClN2O4. The Kier molecular flexibility index (Phi) is 4.73. The van der Waals surface area contributed by atoms with Crippen molar-refractivity contribution in [2.24, 2.45) is 5.92 Å². The maximum absolute atomic E-state index is 12.9. The number of nitrogens with zero attached hydrogens (tertiary/aromatic N) is 1. The summed E-state index contributed by atoms with van der Waals surface area (Å²) in [6.07, 6.45) is 3.46. The summed E-state index contributed by atoms with van der Waals surface area (Å²) in [6.45, 7) is 1.69. The van der Waals surface area contributed by atoms with Gasteiger partial charge in [0.15, 0.2) is 5.78 Å². The van der Waals surface area contributed by atoms with E-state index >= 15 is 0 Å². The first-order valence-corrected chi connectivity index (χ1v) is 8.77. The molecule has 2 fully saturated rings. The molecule has 134 valence electrons. The van der Waals surface area contributed by atoms with E-state index in [1.54, 1.807) is 12.1 Å². The number of ketones is 1. The van der Waals surface area contributed by atoms with Crippen LogP contribution in [0.1, 0.15) is 43.0 Å². The summed E-state index contributed by atoms with van der Waals surface area (Å²) in [5, 5.41) is 3.15. The van der Waals surface area contributed by atoms with E-state index in [0.29, 0.717) is 22.8 Å². The van der Waals surface area contributed by atoms with Gasteiger partial charge in [-0.2, -0.15) is 0 Å². The topological polar surface area (TPSA) is 75.7 Å². The lowest BCUT2D eigenvalue weighted by molar-refractivity contribution is -0.133. The predicted octanol–water partition coefficient (Wildman–Crippen LogP) is 3.03. The molecule has 6 nitrogen and oxygen atoms in total. The molecule has 1 aromatic carbocycles. The van der Waals surface area contributed by atoms with Crippen molar-refractivity contribution in [2.45, 2.75) is 38.1 Å². The number of imide groups is 1. The zero-order valence-electron chi connectivity index (χ0n) is 14.3. The quantitative estimate of drug-likeness (QED) is 0.658. The van der Waals surface area contributed by atoms with Crippen molar-refractivity contribution in [3.8, 4) is 5.75 Å². The fourth-order valence-corrected chi connectivity index (χ4v) is 3.97. The molecule has 2 aliphatic rings. The van der Waals surface area contributed by atoms with Crippen molar-refractivity contribution in [1.29, 1.82) is 0 Å². The molecule has 2 atom stereocenters. The van der Waals surface area contributed by atoms with Crippen molar-refractivity contribution < 1.29 is 19.1 Å². The van der Waals surface area contributed by atoms with Gasteiger partial charge >= 0.3 is 6.03 Å². The molecule has 25 heavy (non-hydrogen) atoms. The average molecular weight is 365 g/mol. The van der Waals surface area contributed by atoms with Crippen LogP contribution < -0.4 is 10.1 Å². The van der Waals surface area contributed by atoms with E-state index in [0.717, 1.165) is 24.2 Å². The van der Waals surface area contributed by atoms with Crippen LogP contribution in [-0.2, 0) is 4.79 Å². The summed E-state index contributed by atoms with van der Waals surface area (Å²) in [4.78, 5) is 38.8. The smallest absolute Gasteiger partial charge is 0.325 e. The van der Waals surface area contributed by atoms with E-state index in [1.165, 1.54) is 13.2 Å². The summed E-state index contributed by atoms with van der Waals surface area (Å²) in [5.74, 6) is -0.109. The number of rotatable bonds is 4. The Labute approximate surface area is 151 Å². The van der Waals surface area contributed by atoms with Crippen molar-refractivity contribution in [2.75, 3.05) is 13.7 Å². The highest BCUT2D eigenvalue weighted by molar-refractivity contribution is 6.32. The molecule has 1 saturated heterocycles. The highest BCUT2D eigenvalue weighted by Gasteiger charge is 2.55. The van der Waals surface area contributed by atoms with Gasteiger partial charge in [-0.15, -0.1) is 0 Å². The third-order valence-electron chi connectivity index (χ3n) is 5.28. The Hall–Kier alpha value is -2.08. The lowest BCUT2D eigenvalue weighted by atomic mass is 9.73. The van der Waals surface area contributed by atoms with Crippen molar-refractivity contribution in [3.63, 3.8) is 0 Å². The fraction of sp³-hybridized carbons (Fsp3) is 0.500. The number of halogens is 1. The number of Topliss-reactive ketones (excluding diaryl/α,β-unsaturated/α-hetero) is 1. The molecule has 1 aliphatic heterocycles. The first kappa shape index (κ1) is 17.7. The van der Waals surface area contributed by atoms with Crippen LogP contribution in [-0.4, -0.2) is 41.8 Å². The molecule has 0 radical (unpaired) electrons. The van der Waals surface area contributed by atoms with Gasteiger partial charge in [-0.1, -0.05) is 31.4 Å². The third kappa shape index (κ3) is 2.99. The molecule has 1 saturated carbocycles. The fourth-order valence-electron chi connectivity index (χ4n) is 3.71. The molecular weight excluding hydrogens is 344 g/mol. The molecule has 1 spiro atoms. The van der Waals surface area contributed by atoms with Gasteiger partial charge in [0.1, 0.15) is 11.3 Å². The van der Waals surface area contributed by atoms with Crippen LogP contribution in [0, 0.1) is 5.92 Å². The largest absolute Gasteiger partial charge is 0.495 e. The zero-order valence-corrected chi connectivity index (χ0v) is 15.1. The maximum atomic E-state index is 12.9. The molecule has 1 aliphatic carbocycles.